The largest absolute Gasteiger partial charge is 0.480 e. The number of rotatable bonds is 4. The number of anilines is 1. The molecule has 1 amide bonds. The second-order valence-corrected chi connectivity index (χ2v) is 4.09. The van der Waals surface area contributed by atoms with Gasteiger partial charge in [0.25, 0.3) is 0 Å². The van der Waals surface area contributed by atoms with Crippen molar-refractivity contribution in [2.24, 2.45) is 0 Å². The molecule has 0 radical (unpaired) electrons. The van der Waals surface area contributed by atoms with Crippen molar-refractivity contribution in [2.75, 3.05) is 18.0 Å². The third-order valence-corrected chi connectivity index (χ3v) is 2.89. The Bertz CT molecular complexity index is 461. The summed E-state index contributed by atoms with van der Waals surface area (Å²) in [5, 5.41) is 10.8. The number of amides is 1. The Hall–Kier alpha value is -2.11. The van der Waals surface area contributed by atoms with E-state index in [2.05, 4.69) is 5.32 Å². The lowest BCUT2D eigenvalue weighted by Gasteiger charge is -2.41. The summed E-state index contributed by atoms with van der Waals surface area (Å²) in [5.74, 6) is -1.71. The predicted molar refractivity (Wildman–Crippen MR) is 62.8 cm³/mol. The first-order valence-electron chi connectivity index (χ1n) is 5.59. The quantitative estimate of drug-likeness (QED) is 0.823. The molecule has 1 atom stereocenters. The maximum Gasteiger partial charge on any atom is 0.322 e. The van der Waals surface area contributed by atoms with Crippen molar-refractivity contribution in [1.29, 1.82) is 0 Å². The minimum atomic E-state index is -1.07. The molecule has 0 aliphatic carbocycles. The lowest BCUT2D eigenvalue weighted by atomic mass is 10.0. The molecule has 96 valence electrons. The zero-order valence-electron chi connectivity index (χ0n) is 9.60. The van der Waals surface area contributed by atoms with Crippen LogP contribution in [-0.2, 0) is 9.59 Å². The molecule has 5 nitrogen and oxygen atoms in total. The molecule has 0 unspecified atom stereocenters. The number of carboxylic acids is 1. The van der Waals surface area contributed by atoms with Crippen LogP contribution in [0.4, 0.5) is 10.1 Å². The van der Waals surface area contributed by atoms with Gasteiger partial charge >= 0.3 is 5.97 Å². The number of carbonyl (C=O) groups is 2. The van der Waals surface area contributed by atoms with Crippen LogP contribution in [0, 0.1) is 5.82 Å². The fourth-order valence-electron chi connectivity index (χ4n) is 1.88. The maximum atomic E-state index is 12.8. The van der Waals surface area contributed by atoms with Gasteiger partial charge in [-0.3, -0.25) is 9.59 Å². The van der Waals surface area contributed by atoms with Gasteiger partial charge in [0.05, 0.1) is 0 Å². The van der Waals surface area contributed by atoms with Gasteiger partial charge in [-0.2, -0.15) is 0 Å². The molecule has 0 bridgehead atoms. The van der Waals surface area contributed by atoms with Crippen LogP contribution in [0.5, 0.6) is 0 Å². The fraction of sp³-hybridized carbons (Fsp3) is 0.333. The van der Waals surface area contributed by atoms with Crippen molar-refractivity contribution in [2.45, 2.75) is 12.5 Å². The number of carboxylic acid groups (broad SMARTS) is 1. The number of benzene rings is 1. The summed E-state index contributed by atoms with van der Waals surface area (Å²) >= 11 is 0. The standard InChI is InChI=1S/C12H13FN2O3/c13-8-1-3-9(4-2-8)15-6-5-10(15)12(18)14-7-11(16)17/h1-4,10H,5-7H2,(H,14,18)(H,16,17)/t10-/m0/s1. The lowest BCUT2D eigenvalue weighted by Crippen LogP contribution is -2.56. The van der Waals surface area contributed by atoms with Gasteiger partial charge in [-0.25, -0.2) is 4.39 Å². The van der Waals surface area contributed by atoms with Crippen molar-refractivity contribution in [3.05, 3.63) is 30.1 Å². The van der Waals surface area contributed by atoms with Crippen LogP contribution in [0.25, 0.3) is 0 Å². The van der Waals surface area contributed by atoms with E-state index in [1.807, 2.05) is 4.90 Å². The lowest BCUT2D eigenvalue weighted by molar-refractivity contribution is -0.138. The smallest absolute Gasteiger partial charge is 0.322 e. The Morgan fingerprint density at radius 3 is 2.56 bits per heavy atom. The first-order chi connectivity index (χ1) is 8.58. The topological polar surface area (TPSA) is 69.6 Å². The number of carbonyl (C=O) groups excluding carboxylic acids is 1. The molecule has 2 rings (SSSR count). The predicted octanol–water partition coefficient (Wildman–Crippen LogP) is 0.605. The van der Waals surface area contributed by atoms with E-state index < -0.39 is 5.97 Å². The van der Waals surface area contributed by atoms with Crippen LogP contribution in [0.3, 0.4) is 0 Å². The van der Waals surface area contributed by atoms with Gasteiger partial charge in [0, 0.05) is 12.2 Å². The minimum absolute atomic E-state index is 0.312. The van der Waals surface area contributed by atoms with Crippen LogP contribution in [0.2, 0.25) is 0 Å². The SMILES string of the molecule is O=C(O)CNC(=O)[C@@H]1CCN1c1ccc(F)cc1. The highest BCUT2D eigenvalue weighted by atomic mass is 19.1. The van der Waals surface area contributed by atoms with Crippen molar-refractivity contribution >= 4 is 17.6 Å². The normalized spacial score (nSPS) is 18.1. The van der Waals surface area contributed by atoms with Crippen molar-refractivity contribution < 1.29 is 19.1 Å². The first kappa shape index (κ1) is 12.3. The molecule has 1 fully saturated rings. The van der Waals surface area contributed by atoms with Crippen LogP contribution < -0.4 is 10.2 Å². The van der Waals surface area contributed by atoms with Crippen LogP contribution in [-0.4, -0.2) is 36.1 Å². The van der Waals surface area contributed by atoms with E-state index in [-0.39, 0.29) is 24.3 Å². The van der Waals surface area contributed by atoms with E-state index in [4.69, 9.17) is 5.11 Å². The molecule has 0 spiro atoms. The van der Waals surface area contributed by atoms with Crippen molar-refractivity contribution in [1.82, 2.24) is 5.32 Å². The van der Waals surface area contributed by atoms with Crippen LogP contribution in [0.1, 0.15) is 6.42 Å². The van der Waals surface area contributed by atoms with Crippen LogP contribution >= 0.6 is 0 Å². The molecule has 1 saturated heterocycles. The summed E-state index contributed by atoms with van der Waals surface area (Å²) in [6.07, 6.45) is 0.669. The third kappa shape index (κ3) is 2.58. The summed E-state index contributed by atoms with van der Waals surface area (Å²) in [6, 6.07) is 5.51. The first-order valence-corrected chi connectivity index (χ1v) is 5.59. The molecule has 18 heavy (non-hydrogen) atoms. The summed E-state index contributed by atoms with van der Waals surface area (Å²) in [6.45, 7) is 0.323. The molecule has 0 saturated carbocycles. The zero-order valence-corrected chi connectivity index (χ0v) is 9.60. The van der Waals surface area contributed by atoms with Gasteiger partial charge in [-0.05, 0) is 30.7 Å². The van der Waals surface area contributed by atoms with E-state index in [9.17, 15) is 14.0 Å². The Morgan fingerprint density at radius 1 is 1.39 bits per heavy atom. The molecule has 1 aromatic carbocycles. The summed E-state index contributed by atoms with van der Waals surface area (Å²) in [5.41, 5.74) is 0.762. The van der Waals surface area contributed by atoms with Crippen molar-refractivity contribution in [3.8, 4) is 0 Å². The summed E-state index contributed by atoms with van der Waals surface area (Å²) < 4.78 is 12.8. The average Bonchev–Trinajstić information content (AvgIpc) is 2.28. The second-order valence-electron chi connectivity index (χ2n) is 4.09. The Kier molecular flexibility index (Phi) is 3.45. The summed E-state index contributed by atoms with van der Waals surface area (Å²) in [7, 11) is 0. The number of hydrogen-bond donors (Lipinski definition) is 2. The molecule has 0 aromatic heterocycles. The molecule has 6 heteroatoms. The number of nitrogens with one attached hydrogen (secondary N) is 1. The molecular formula is C12H13FN2O3. The third-order valence-electron chi connectivity index (χ3n) is 2.89. The van der Waals surface area contributed by atoms with E-state index in [0.29, 0.717) is 13.0 Å². The van der Waals surface area contributed by atoms with Crippen LogP contribution in [0.15, 0.2) is 24.3 Å². The van der Waals surface area contributed by atoms with Gasteiger partial charge < -0.3 is 15.3 Å². The van der Waals surface area contributed by atoms with Gasteiger partial charge in [0.1, 0.15) is 18.4 Å². The second kappa shape index (κ2) is 5.03. The van der Waals surface area contributed by atoms with E-state index in [0.717, 1.165) is 5.69 Å². The van der Waals surface area contributed by atoms with Gasteiger partial charge in [0.15, 0.2) is 0 Å². The van der Waals surface area contributed by atoms with E-state index >= 15 is 0 Å². The molecule has 2 N–H and O–H groups in total. The Labute approximate surface area is 103 Å². The number of halogens is 1. The zero-order chi connectivity index (χ0) is 13.1. The molecular weight excluding hydrogens is 239 g/mol. The van der Waals surface area contributed by atoms with E-state index in [1.165, 1.54) is 12.1 Å². The minimum Gasteiger partial charge on any atom is -0.480 e. The highest BCUT2D eigenvalue weighted by Gasteiger charge is 2.34. The van der Waals surface area contributed by atoms with Gasteiger partial charge in [0.2, 0.25) is 5.91 Å². The molecule has 1 aromatic rings. The van der Waals surface area contributed by atoms with Crippen molar-refractivity contribution in [3.63, 3.8) is 0 Å². The Balaban J connectivity index is 1.97. The number of nitrogens with zero attached hydrogens (tertiary/aromatic N) is 1. The molecule has 1 heterocycles. The number of aliphatic carboxylic acids is 1. The fourth-order valence-corrected chi connectivity index (χ4v) is 1.88. The highest BCUT2D eigenvalue weighted by molar-refractivity contribution is 5.89. The number of hydrogen-bond acceptors (Lipinski definition) is 3. The Morgan fingerprint density at radius 2 is 2.06 bits per heavy atom. The van der Waals surface area contributed by atoms with Gasteiger partial charge in [-0.1, -0.05) is 0 Å². The monoisotopic (exact) mass is 252 g/mol. The maximum absolute atomic E-state index is 12.8. The molecule has 1 aliphatic rings. The average molecular weight is 252 g/mol. The van der Waals surface area contributed by atoms with Gasteiger partial charge in [-0.15, -0.1) is 0 Å². The molecule has 1 aliphatic heterocycles. The van der Waals surface area contributed by atoms with E-state index in [1.54, 1.807) is 12.1 Å². The summed E-state index contributed by atoms with van der Waals surface area (Å²) in [4.78, 5) is 23.9. The highest BCUT2D eigenvalue weighted by Crippen LogP contribution is 2.26.